The molecule has 0 bridgehead atoms. The Hall–Kier alpha value is 0.478. The van der Waals surface area contributed by atoms with Crippen molar-refractivity contribution in [1.82, 2.24) is 0 Å². The quantitative estimate of drug-likeness (QED) is 0.350. The van der Waals surface area contributed by atoms with Crippen molar-refractivity contribution >= 4 is 17.7 Å². The van der Waals surface area contributed by atoms with E-state index in [1.54, 1.807) is 0 Å². The summed E-state index contributed by atoms with van der Waals surface area (Å²) in [6, 6.07) is 0. The van der Waals surface area contributed by atoms with Gasteiger partial charge in [-0.1, -0.05) is 0 Å². The van der Waals surface area contributed by atoms with Crippen LogP contribution >= 0.6 is 0 Å². The van der Waals surface area contributed by atoms with E-state index in [-0.39, 0.29) is 19.5 Å². The van der Waals surface area contributed by atoms with Gasteiger partial charge in [-0.3, -0.25) is 4.55 Å². The van der Waals surface area contributed by atoms with Crippen LogP contribution in [0.3, 0.4) is 0 Å². The zero-order valence-corrected chi connectivity index (χ0v) is 8.04. The summed E-state index contributed by atoms with van der Waals surface area (Å²) in [5.41, 5.74) is 0. The second-order valence-corrected chi connectivity index (χ2v) is 1.90. The minimum absolute atomic E-state index is 0. The molecule has 0 aromatic heterocycles. The van der Waals surface area contributed by atoms with Crippen molar-refractivity contribution < 1.29 is 46.6 Å². The Labute approximate surface area is 64.7 Å². The largest absolute Gasteiger partial charge is 0.650 e. The number of hydrogen-bond donors (Lipinski definition) is 3. The van der Waals surface area contributed by atoms with Crippen molar-refractivity contribution in [3.05, 3.63) is 0 Å². The second kappa shape index (κ2) is 4.32. The maximum absolute atomic E-state index is 9.46. The van der Waals surface area contributed by atoms with Crippen LogP contribution < -0.4 is 0 Å². The fourth-order valence-electron chi connectivity index (χ4n) is 0.109. The average Bonchev–Trinajstić information content (AvgIpc) is 1.21. The minimum Gasteiger partial charge on any atom is -0.401 e. The molecule has 0 amide bonds. The third kappa shape index (κ3) is 11.9. The van der Waals surface area contributed by atoms with E-state index in [0.717, 1.165) is 0 Å². The molecule has 0 aliphatic heterocycles. The number of rotatable bonds is 2. The smallest absolute Gasteiger partial charge is 0.401 e. The van der Waals surface area contributed by atoms with Gasteiger partial charge in [0.05, 0.1) is 0 Å². The first-order valence-corrected chi connectivity index (χ1v) is 2.80. The van der Waals surface area contributed by atoms with Crippen LogP contribution in [-0.2, 0) is 34.0 Å². The Morgan fingerprint density at radius 3 is 1.67 bits per heavy atom. The molecule has 0 saturated carbocycles. The van der Waals surface area contributed by atoms with Crippen molar-refractivity contribution in [2.24, 2.45) is 0 Å². The van der Waals surface area contributed by atoms with Crippen LogP contribution in [0.2, 0.25) is 0 Å². The van der Waals surface area contributed by atoms with E-state index in [2.05, 4.69) is 4.10 Å². The van der Waals surface area contributed by atoms with Gasteiger partial charge in [-0.05, 0) is 0 Å². The Morgan fingerprint density at radius 2 is 1.67 bits per heavy atom. The predicted octanol–water partition coefficient (Wildman–Crippen LogP) is -2.23. The molecule has 0 spiro atoms. The molecule has 0 aliphatic rings. The van der Waals surface area contributed by atoms with E-state index >= 15 is 0 Å². The summed E-state index contributed by atoms with van der Waals surface area (Å²) in [7, 11) is -7.22. The van der Waals surface area contributed by atoms with Crippen LogP contribution in [0.15, 0.2) is 0 Å². The Morgan fingerprint density at radius 1 is 1.33 bits per heavy atom. The normalized spacial score (nSPS) is 10.1. The van der Waals surface area contributed by atoms with Gasteiger partial charge in [0.25, 0.3) is 0 Å². The van der Waals surface area contributed by atoms with E-state index in [1.165, 1.54) is 0 Å². The summed E-state index contributed by atoms with van der Waals surface area (Å²) in [6.07, 6.45) is 0. The molecule has 0 aliphatic carbocycles. The summed E-state index contributed by atoms with van der Waals surface area (Å²) in [6.45, 7) is 0. The first-order valence-electron chi connectivity index (χ1n) is 1.43. The molecule has 9 heteroatoms. The van der Waals surface area contributed by atoms with E-state index in [9.17, 15) is 8.42 Å². The molecule has 0 rings (SSSR count). The Bertz CT molecular complexity index is 146. The van der Waals surface area contributed by atoms with E-state index in [4.69, 9.17) is 14.6 Å². The fourth-order valence-corrected chi connectivity index (χ4v) is 0.326. The maximum atomic E-state index is 9.46. The van der Waals surface area contributed by atoms with Crippen molar-refractivity contribution in [3.63, 3.8) is 0 Å². The van der Waals surface area contributed by atoms with Gasteiger partial charge in [0.1, 0.15) is 0 Å². The molecule has 0 aromatic carbocycles. The van der Waals surface area contributed by atoms with Gasteiger partial charge in [0.15, 0.2) is 0 Å². The predicted molar refractivity (Wildman–Crippen MR) is 22.8 cm³/mol. The zero-order valence-electron chi connectivity index (χ0n) is 4.26. The minimum atomic E-state index is -4.72. The van der Waals surface area contributed by atoms with Crippen LogP contribution in [0.5, 0.6) is 0 Å². The van der Waals surface area contributed by atoms with Gasteiger partial charge in [-0.2, -0.15) is 8.42 Å². The second-order valence-electron chi connectivity index (χ2n) is 0.850. The zero-order chi connectivity index (χ0) is 6.78. The van der Waals surface area contributed by atoms with Gasteiger partial charge in [-0.25, -0.2) is 4.10 Å². The molecule has 0 unspecified atom stereocenters. The Balaban J connectivity index is 0. The molecule has 0 atom stereocenters. The van der Waals surface area contributed by atoms with Crippen LogP contribution in [0.4, 0.5) is 0 Å². The maximum Gasteiger partial charge on any atom is 0.650 e. The molecule has 0 fully saturated rings. The van der Waals surface area contributed by atoms with Gasteiger partial charge in [0, 0.05) is 19.5 Å². The average molecular weight is 207 g/mol. The summed E-state index contributed by atoms with van der Waals surface area (Å²) >= 11 is 0. The SMILES string of the molecule is O=S(=O)(O)OB(O)O.[Zn]. The van der Waals surface area contributed by atoms with E-state index in [1.807, 2.05) is 0 Å². The standard InChI is InChI=1S/BH3O6S.Zn/c2-1(3)7-8(4,5)6;/h2-3H,(H,4,5,6);. The molecule has 6 nitrogen and oxygen atoms in total. The molecular weight excluding hydrogens is 204 g/mol. The molecule has 0 radical (unpaired) electrons. The van der Waals surface area contributed by atoms with E-state index in [0.29, 0.717) is 0 Å². The summed E-state index contributed by atoms with van der Waals surface area (Å²) < 4.78 is 29.6. The van der Waals surface area contributed by atoms with E-state index < -0.39 is 17.7 Å². The van der Waals surface area contributed by atoms with Gasteiger partial charge >= 0.3 is 17.7 Å². The molecule has 50 valence electrons. The van der Waals surface area contributed by atoms with Crippen molar-refractivity contribution in [3.8, 4) is 0 Å². The Kier molecular flexibility index (Phi) is 5.85. The molecule has 0 heterocycles. The fraction of sp³-hybridized carbons (Fsp3) is 0. The molecule has 9 heavy (non-hydrogen) atoms. The first kappa shape index (κ1) is 12.2. The molecule has 0 aromatic rings. The summed E-state index contributed by atoms with van der Waals surface area (Å²) in [5, 5.41) is 15.4. The summed E-state index contributed by atoms with van der Waals surface area (Å²) in [4.78, 5) is 0. The van der Waals surface area contributed by atoms with Gasteiger partial charge < -0.3 is 10.0 Å². The van der Waals surface area contributed by atoms with Gasteiger partial charge in [-0.15, -0.1) is 0 Å². The molecule has 3 N–H and O–H groups in total. The summed E-state index contributed by atoms with van der Waals surface area (Å²) in [5.74, 6) is 0. The van der Waals surface area contributed by atoms with Crippen LogP contribution in [-0.4, -0.2) is 30.3 Å². The molecular formula is H3BO6SZn. The van der Waals surface area contributed by atoms with Crippen molar-refractivity contribution in [2.75, 3.05) is 0 Å². The van der Waals surface area contributed by atoms with Crippen molar-refractivity contribution in [2.45, 2.75) is 0 Å². The number of hydrogen-bond acceptors (Lipinski definition) is 5. The molecule has 0 saturated heterocycles. The van der Waals surface area contributed by atoms with Crippen LogP contribution in [0.1, 0.15) is 0 Å². The first-order chi connectivity index (χ1) is 3.42. The third-order valence-corrected chi connectivity index (χ3v) is 0.623. The van der Waals surface area contributed by atoms with Gasteiger partial charge in [0.2, 0.25) is 0 Å². The monoisotopic (exact) mass is 206 g/mol. The van der Waals surface area contributed by atoms with Crippen molar-refractivity contribution in [1.29, 1.82) is 0 Å². The van der Waals surface area contributed by atoms with Crippen LogP contribution in [0.25, 0.3) is 0 Å². The van der Waals surface area contributed by atoms with Crippen LogP contribution in [0, 0.1) is 0 Å². The third-order valence-electron chi connectivity index (χ3n) is 0.208. The topological polar surface area (TPSA) is 104 Å².